The third kappa shape index (κ3) is 5.07. The predicted molar refractivity (Wildman–Crippen MR) is 109 cm³/mol. The molecule has 1 aliphatic heterocycles. The van der Waals surface area contributed by atoms with Gasteiger partial charge in [0.05, 0.1) is 0 Å². The Hall–Kier alpha value is -2.40. The number of aryl methyl sites for hydroxylation is 2. The molecule has 3 rings (SSSR count). The third-order valence-electron chi connectivity index (χ3n) is 5.67. The van der Waals surface area contributed by atoms with E-state index in [1.807, 2.05) is 12.4 Å². The van der Waals surface area contributed by atoms with E-state index < -0.39 is 0 Å². The van der Waals surface area contributed by atoms with Crippen molar-refractivity contribution in [2.75, 3.05) is 13.1 Å². The summed E-state index contributed by atoms with van der Waals surface area (Å²) in [7, 11) is 0. The van der Waals surface area contributed by atoms with E-state index in [1.165, 1.54) is 22.3 Å². The molecule has 1 aromatic heterocycles. The number of likely N-dealkylation sites (tertiary alicyclic amines) is 1. The maximum atomic E-state index is 12.3. The Morgan fingerprint density at radius 2 is 1.78 bits per heavy atom. The summed E-state index contributed by atoms with van der Waals surface area (Å²) in [5.74, 6) is 0. The van der Waals surface area contributed by atoms with Crippen molar-refractivity contribution in [3.63, 3.8) is 0 Å². The summed E-state index contributed by atoms with van der Waals surface area (Å²) in [6, 6.07) is 10.9. The molecule has 0 radical (unpaired) electrons. The lowest BCUT2D eigenvalue weighted by Gasteiger charge is -2.36. The van der Waals surface area contributed by atoms with Crippen LogP contribution in [0.3, 0.4) is 0 Å². The second-order valence-electron chi connectivity index (χ2n) is 7.46. The van der Waals surface area contributed by atoms with Crippen LogP contribution in [0.1, 0.15) is 48.1 Å². The van der Waals surface area contributed by atoms with Crippen molar-refractivity contribution in [2.24, 2.45) is 0 Å². The molecule has 1 aromatic carbocycles. The number of piperidine rings is 1. The van der Waals surface area contributed by atoms with Gasteiger partial charge in [-0.15, -0.1) is 0 Å². The van der Waals surface area contributed by atoms with Gasteiger partial charge in [-0.3, -0.25) is 9.88 Å². The maximum Gasteiger partial charge on any atom is 0.315 e. The van der Waals surface area contributed by atoms with Gasteiger partial charge in [-0.1, -0.05) is 18.2 Å². The van der Waals surface area contributed by atoms with Crippen molar-refractivity contribution in [2.45, 2.75) is 52.2 Å². The molecule has 1 aliphatic rings. The summed E-state index contributed by atoms with van der Waals surface area (Å²) in [6.45, 7) is 8.96. The lowest BCUT2D eigenvalue weighted by Crippen LogP contribution is -2.48. The van der Waals surface area contributed by atoms with Gasteiger partial charge in [-0.25, -0.2) is 4.79 Å². The molecule has 5 heteroatoms. The van der Waals surface area contributed by atoms with Crippen LogP contribution in [-0.4, -0.2) is 35.0 Å². The predicted octanol–water partition coefficient (Wildman–Crippen LogP) is 3.72. The fourth-order valence-electron chi connectivity index (χ4n) is 3.82. The quantitative estimate of drug-likeness (QED) is 0.848. The van der Waals surface area contributed by atoms with Crippen LogP contribution in [0.15, 0.2) is 42.7 Å². The van der Waals surface area contributed by atoms with Gasteiger partial charge in [0, 0.05) is 44.1 Å². The van der Waals surface area contributed by atoms with Gasteiger partial charge in [0.2, 0.25) is 0 Å². The van der Waals surface area contributed by atoms with Crippen LogP contribution in [0, 0.1) is 13.8 Å². The smallest absolute Gasteiger partial charge is 0.315 e. The number of amides is 2. The van der Waals surface area contributed by atoms with E-state index in [9.17, 15) is 4.79 Å². The van der Waals surface area contributed by atoms with Gasteiger partial charge in [-0.05, 0) is 68.0 Å². The van der Waals surface area contributed by atoms with Crippen molar-refractivity contribution >= 4 is 6.03 Å². The lowest BCUT2D eigenvalue weighted by molar-refractivity contribution is 0.153. The number of nitrogens with zero attached hydrogens (tertiary/aromatic N) is 2. The minimum atomic E-state index is -0.0710. The monoisotopic (exact) mass is 366 g/mol. The molecule has 2 N–H and O–H groups in total. The van der Waals surface area contributed by atoms with Gasteiger partial charge in [0.25, 0.3) is 0 Å². The van der Waals surface area contributed by atoms with Crippen molar-refractivity contribution in [1.29, 1.82) is 0 Å². The molecule has 1 atom stereocenters. The van der Waals surface area contributed by atoms with Crippen LogP contribution in [0.2, 0.25) is 0 Å². The average Bonchev–Trinajstić information content (AvgIpc) is 2.68. The molecule has 2 amide bonds. The lowest BCUT2D eigenvalue weighted by atomic mass is 10.0. The van der Waals surface area contributed by atoms with Crippen molar-refractivity contribution in [1.82, 2.24) is 20.5 Å². The highest BCUT2D eigenvalue weighted by Crippen LogP contribution is 2.23. The second kappa shape index (κ2) is 9.00. The zero-order valence-corrected chi connectivity index (χ0v) is 16.5. The fourth-order valence-corrected chi connectivity index (χ4v) is 3.82. The topological polar surface area (TPSA) is 57.3 Å². The molecule has 0 spiro atoms. The highest BCUT2D eigenvalue weighted by molar-refractivity contribution is 5.74. The number of urea groups is 1. The summed E-state index contributed by atoms with van der Waals surface area (Å²) in [5, 5.41) is 6.16. The number of carbonyl (C=O) groups is 1. The van der Waals surface area contributed by atoms with E-state index in [-0.39, 0.29) is 12.1 Å². The average molecular weight is 367 g/mol. The zero-order chi connectivity index (χ0) is 19.2. The molecule has 1 fully saturated rings. The van der Waals surface area contributed by atoms with Crippen molar-refractivity contribution in [3.8, 4) is 0 Å². The minimum Gasteiger partial charge on any atom is -0.335 e. The summed E-state index contributed by atoms with van der Waals surface area (Å²) in [6.07, 6.45) is 5.65. The number of hydrogen-bond donors (Lipinski definition) is 2. The van der Waals surface area contributed by atoms with Crippen LogP contribution in [0.5, 0.6) is 0 Å². The first-order valence-electron chi connectivity index (χ1n) is 9.78. The first-order valence-corrected chi connectivity index (χ1v) is 9.78. The largest absolute Gasteiger partial charge is 0.335 e. The van der Waals surface area contributed by atoms with Gasteiger partial charge in [0.1, 0.15) is 0 Å². The second-order valence-corrected chi connectivity index (χ2v) is 7.46. The summed E-state index contributed by atoms with van der Waals surface area (Å²) in [5.41, 5.74) is 4.93. The number of pyridine rings is 1. The molecule has 144 valence electrons. The van der Waals surface area contributed by atoms with Crippen LogP contribution in [0.25, 0.3) is 0 Å². The molecular formula is C22H30N4O. The molecule has 2 heterocycles. The normalized spacial score (nSPS) is 16.7. The van der Waals surface area contributed by atoms with E-state index in [4.69, 9.17) is 0 Å². The van der Waals surface area contributed by atoms with E-state index >= 15 is 0 Å². The minimum absolute atomic E-state index is 0.0710. The Morgan fingerprint density at radius 1 is 1.15 bits per heavy atom. The number of carbonyl (C=O) groups excluding carboxylic acids is 1. The highest BCUT2D eigenvalue weighted by atomic mass is 16.2. The van der Waals surface area contributed by atoms with Crippen molar-refractivity contribution < 1.29 is 4.79 Å². The first kappa shape index (κ1) is 19.4. The van der Waals surface area contributed by atoms with E-state index in [1.54, 1.807) is 0 Å². The van der Waals surface area contributed by atoms with Gasteiger partial charge < -0.3 is 10.6 Å². The van der Waals surface area contributed by atoms with E-state index in [0.29, 0.717) is 12.6 Å². The Morgan fingerprint density at radius 3 is 2.41 bits per heavy atom. The fraction of sp³-hybridized carbons (Fsp3) is 0.455. The number of rotatable bonds is 5. The molecule has 0 saturated carbocycles. The summed E-state index contributed by atoms with van der Waals surface area (Å²) < 4.78 is 0. The number of aromatic nitrogens is 1. The number of hydrogen-bond acceptors (Lipinski definition) is 3. The zero-order valence-electron chi connectivity index (χ0n) is 16.5. The Labute approximate surface area is 162 Å². The maximum absolute atomic E-state index is 12.3. The van der Waals surface area contributed by atoms with Crippen LogP contribution in [0.4, 0.5) is 4.79 Å². The highest BCUT2D eigenvalue weighted by Gasteiger charge is 2.24. The van der Waals surface area contributed by atoms with Gasteiger partial charge >= 0.3 is 6.03 Å². The molecule has 2 aromatic rings. The molecule has 1 saturated heterocycles. The van der Waals surface area contributed by atoms with E-state index in [0.717, 1.165) is 25.9 Å². The Bertz CT molecular complexity index is 734. The molecule has 1 unspecified atom stereocenters. The first-order chi connectivity index (χ1) is 13.0. The number of benzene rings is 1. The SMILES string of the molecule is Cc1cccc(C)c1CNC(=O)NC1CCN(C(C)c2ccncc2)CC1. The van der Waals surface area contributed by atoms with Gasteiger partial charge in [0.15, 0.2) is 0 Å². The van der Waals surface area contributed by atoms with Crippen LogP contribution < -0.4 is 10.6 Å². The molecule has 0 bridgehead atoms. The summed E-state index contributed by atoms with van der Waals surface area (Å²) >= 11 is 0. The molecule has 5 nitrogen and oxygen atoms in total. The standard InChI is InChI=1S/C22H30N4O/c1-16-5-4-6-17(2)21(16)15-24-22(27)25-20-9-13-26(14-10-20)18(3)19-7-11-23-12-8-19/h4-8,11-12,18,20H,9-10,13-15H2,1-3H3,(H2,24,25,27). The van der Waals surface area contributed by atoms with Crippen LogP contribution >= 0.6 is 0 Å². The molecular weight excluding hydrogens is 336 g/mol. The molecule has 27 heavy (non-hydrogen) atoms. The van der Waals surface area contributed by atoms with E-state index in [2.05, 4.69) is 71.6 Å². The molecule has 0 aliphatic carbocycles. The van der Waals surface area contributed by atoms with Crippen molar-refractivity contribution in [3.05, 3.63) is 65.0 Å². The Kier molecular flexibility index (Phi) is 6.45. The Balaban J connectivity index is 1.44. The van der Waals surface area contributed by atoms with Crippen LogP contribution in [-0.2, 0) is 6.54 Å². The number of nitrogens with one attached hydrogen (secondary N) is 2. The summed E-state index contributed by atoms with van der Waals surface area (Å²) in [4.78, 5) is 18.9. The van der Waals surface area contributed by atoms with Gasteiger partial charge in [-0.2, -0.15) is 0 Å². The third-order valence-corrected chi connectivity index (χ3v) is 5.67.